The fourth-order valence-electron chi connectivity index (χ4n) is 2.86. The molecule has 1 heterocycles. The molecule has 1 aliphatic heterocycles. The van der Waals surface area contributed by atoms with Crippen molar-refractivity contribution in [2.24, 2.45) is 11.7 Å². The van der Waals surface area contributed by atoms with E-state index in [1.165, 1.54) is 11.1 Å². The molecule has 3 N–H and O–H groups in total. The molecule has 0 fully saturated rings. The summed E-state index contributed by atoms with van der Waals surface area (Å²) in [6.45, 7) is 5.97. The summed E-state index contributed by atoms with van der Waals surface area (Å²) in [5.74, 6) is 0.413. The predicted octanol–water partition coefficient (Wildman–Crippen LogP) is 2.22. The number of nitrogens with zero attached hydrogens (tertiary/aromatic N) is 1. The maximum absolute atomic E-state index is 12.2. The topological polar surface area (TPSA) is 75.4 Å². The number of nitrogens with two attached hydrogens (primary N) is 1. The lowest BCUT2D eigenvalue weighted by atomic mass is 10.0. The molecule has 2 amide bonds. The summed E-state index contributed by atoms with van der Waals surface area (Å²) < 4.78 is 0. The van der Waals surface area contributed by atoms with Gasteiger partial charge in [-0.05, 0) is 29.9 Å². The Morgan fingerprint density at radius 3 is 2.33 bits per heavy atom. The number of hydrogen-bond donors (Lipinski definition) is 2. The first-order valence-corrected chi connectivity index (χ1v) is 8.35. The second-order valence-electron chi connectivity index (χ2n) is 6.65. The molecule has 0 radical (unpaired) electrons. The van der Waals surface area contributed by atoms with Gasteiger partial charge in [-0.25, -0.2) is 0 Å². The fourth-order valence-corrected chi connectivity index (χ4v) is 2.86. The van der Waals surface area contributed by atoms with Crippen LogP contribution >= 0.6 is 12.4 Å². The Kier molecular flexibility index (Phi) is 8.22. The molecule has 6 heteroatoms. The zero-order chi connectivity index (χ0) is 16.8. The Balaban J connectivity index is 0.00000288. The van der Waals surface area contributed by atoms with Crippen molar-refractivity contribution in [3.8, 4) is 0 Å². The summed E-state index contributed by atoms with van der Waals surface area (Å²) in [5, 5.41) is 2.82. The molecule has 24 heavy (non-hydrogen) atoms. The van der Waals surface area contributed by atoms with Crippen LogP contribution in [0.25, 0.3) is 0 Å². The van der Waals surface area contributed by atoms with Crippen molar-refractivity contribution in [3.63, 3.8) is 0 Å². The molecule has 1 aromatic carbocycles. The van der Waals surface area contributed by atoms with Crippen molar-refractivity contribution in [3.05, 3.63) is 35.4 Å². The van der Waals surface area contributed by atoms with Crippen LogP contribution in [0.5, 0.6) is 0 Å². The molecular formula is C18H28ClN3O2. The first kappa shape index (κ1) is 20.5. The number of amides is 2. The minimum Gasteiger partial charge on any atom is -0.355 e. The smallest absolute Gasteiger partial charge is 0.236 e. The number of rotatable bonds is 7. The Hall–Kier alpha value is -1.59. The van der Waals surface area contributed by atoms with Gasteiger partial charge in [-0.2, -0.15) is 0 Å². The highest BCUT2D eigenvalue weighted by atomic mass is 35.5. The van der Waals surface area contributed by atoms with Gasteiger partial charge < -0.3 is 16.0 Å². The largest absolute Gasteiger partial charge is 0.355 e. The third kappa shape index (κ3) is 5.80. The van der Waals surface area contributed by atoms with Crippen LogP contribution in [0, 0.1) is 5.92 Å². The third-order valence-corrected chi connectivity index (χ3v) is 4.12. The summed E-state index contributed by atoms with van der Waals surface area (Å²) >= 11 is 0. The summed E-state index contributed by atoms with van der Waals surface area (Å²) in [6, 6.07) is 7.68. The van der Waals surface area contributed by atoms with Gasteiger partial charge >= 0.3 is 0 Å². The van der Waals surface area contributed by atoms with Gasteiger partial charge in [0.1, 0.15) is 0 Å². The normalized spacial score (nSPS) is 14.1. The first-order chi connectivity index (χ1) is 11.0. The van der Waals surface area contributed by atoms with Gasteiger partial charge in [0.05, 0.1) is 6.04 Å². The van der Waals surface area contributed by atoms with E-state index in [-0.39, 0.29) is 24.2 Å². The van der Waals surface area contributed by atoms with Crippen LogP contribution in [-0.2, 0) is 22.7 Å². The Morgan fingerprint density at radius 1 is 1.21 bits per heavy atom. The minimum atomic E-state index is -0.459. The summed E-state index contributed by atoms with van der Waals surface area (Å²) in [4.78, 5) is 25.9. The van der Waals surface area contributed by atoms with Gasteiger partial charge in [-0.15, -0.1) is 12.4 Å². The zero-order valence-electron chi connectivity index (χ0n) is 14.5. The second-order valence-corrected chi connectivity index (χ2v) is 6.65. The van der Waals surface area contributed by atoms with Crippen LogP contribution in [0.1, 0.15) is 44.2 Å². The minimum absolute atomic E-state index is 0. The molecule has 0 saturated heterocycles. The standard InChI is InChI=1S/C18H27N3O2.ClH/c1-13(2)10-16(19)18(23)20-9-5-8-17(22)21-11-14-6-3-4-7-15(14)12-21;/h3-4,6-7,13,16H,5,8-12,19H2,1-2H3,(H,20,23);1H/t16-;/m0./s1. The van der Waals surface area contributed by atoms with Gasteiger partial charge in [0, 0.05) is 26.1 Å². The van der Waals surface area contributed by atoms with E-state index in [1.807, 2.05) is 30.9 Å². The van der Waals surface area contributed by atoms with Crippen molar-refractivity contribution in [1.29, 1.82) is 0 Å². The van der Waals surface area contributed by atoms with Crippen LogP contribution in [0.2, 0.25) is 0 Å². The van der Waals surface area contributed by atoms with E-state index >= 15 is 0 Å². The van der Waals surface area contributed by atoms with E-state index in [1.54, 1.807) is 0 Å². The summed E-state index contributed by atoms with van der Waals surface area (Å²) in [6.07, 6.45) is 1.77. The quantitative estimate of drug-likeness (QED) is 0.738. The third-order valence-electron chi connectivity index (χ3n) is 4.12. The molecule has 1 atom stereocenters. The van der Waals surface area contributed by atoms with Gasteiger partial charge in [0.25, 0.3) is 0 Å². The van der Waals surface area contributed by atoms with E-state index in [0.29, 0.717) is 44.8 Å². The Bertz CT molecular complexity index is 538. The highest BCUT2D eigenvalue weighted by Crippen LogP contribution is 2.22. The van der Waals surface area contributed by atoms with Crippen molar-refractivity contribution < 1.29 is 9.59 Å². The monoisotopic (exact) mass is 353 g/mol. The van der Waals surface area contributed by atoms with Crippen molar-refractivity contribution in [2.75, 3.05) is 6.54 Å². The van der Waals surface area contributed by atoms with Gasteiger partial charge in [0.15, 0.2) is 0 Å². The molecule has 2 rings (SSSR count). The van der Waals surface area contributed by atoms with Crippen LogP contribution in [-0.4, -0.2) is 29.3 Å². The van der Waals surface area contributed by atoms with Crippen LogP contribution in [0.4, 0.5) is 0 Å². The maximum Gasteiger partial charge on any atom is 0.236 e. The molecule has 0 unspecified atom stereocenters. The lowest BCUT2D eigenvalue weighted by molar-refractivity contribution is -0.132. The van der Waals surface area contributed by atoms with Gasteiger partial charge in [-0.1, -0.05) is 38.1 Å². The van der Waals surface area contributed by atoms with Crippen LogP contribution in [0.15, 0.2) is 24.3 Å². The first-order valence-electron chi connectivity index (χ1n) is 8.35. The molecular weight excluding hydrogens is 326 g/mol. The maximum atomic E-state index is 12.2. The molecule has 1 aliphatic rings. The Morgan fingerprint density at radius 2 is 1.79 bits per heavy atom. The SMILES string of the molecule is CC(C)C[C@H](N)C(=O)NCCCC(=O)N1Cc2ccccc2C1.Cl. The van der Waals surface area contributed by atoms with Crippen molar-refractivity contribution in [1.82, 2.24) is 10.2 Å². The number of fused-ring (bicyclic) bond motifs is 1. The molecule has 5 nitrogen and oxygen atoms in total. The molecule has 1 aromatic rings. The number of carbonyl (C=O) groups excluding carboxylic acids is 2. The number of benzene rings is 1. The van der Waals surface area contributed by atoms with Crippen LogP contribution in [0.3, 0.4) is 0 Å². The van der Waals surface area contributed by atoms with Crippen LogP contribution < -0.4 is 11.1 Å². The summed E-state index contributed by atoms with van der Waals surface area (Å²) in [5.41, 5.74) is 8.28. The summed E-state index contributed by atoms with van der Waals surface area (Å²) in [7, 11) is 0. The highest BCUT2D eigenvalue weighted by Gasteiger charge is 2.22. The molecule has 0 aliphatic carbocycles. The van der Waals surface area contributed by atoms with Gasteiger partial charge in [0.2, 0.25) is 11.8 Å². The number of halogens is 1. The molecule has 0 bridgehead atoms. The van der Waals surface area contributed by atoms with Crippen molar-refractivity contribution in [2.45, 2.75) is 52.2 Å². The second kappa shape index (κ2) is 9.64. The lowest BCUT2D eigenvalue weighted by Gasteiger charge is -2.16. The lowest BCUT2D eigenvalue weighted by Crippen LogP contribution is -2.41. The van der Waals surface area contributed by atoms with E-state index in [2.05, 4.69) is 17.4 Å². The number of carbonyl (C=O) groups is 2. The van der Waals surface area contributed by atoms with E-state index < -0.39 is 6.04 Å². The average Bonchev–Trinajstić information content (AvgIpc) is 2.94. The Labute approximate surface area is 150 Å². The van der Waals surface area contributed by atoms with Crippen molar-refractivity contribution >= 4 is 24.2 Å². The fraction of sp³-hybridized carbons (Fsp3) is 0.556. The average molecular weight is 354 g/mol. The molecule has 0 aromatic heterocycles. The van der Waals surface area contributed by atoms with Gasteiger partial charge in [-0.3, -0.25) is 9.59 Å². The zero-order valence-corrected chi connectivity index (χ0v) is 15.3. The molecule has 134 valence electrons. The van der Waals surface area contributed by atoms with E-state index in [4.69, 9.17) is 5.73 Å². The predicted molar refractivity (Wildman–Crippen MR) is 97.6 cm³/mol. The van der Waals surface area contributed by atoms with E-state index in [0.717, 1.165) is 0 Å². The number of hydrogen-bond acceptors (Lipinski definition) is 3. The number of nitrogens with one attached hydrogen (secondary N) is 1. The molecule has 0 saturated carbocycles. The van der Waals surface area contributed by atoms with E-state index in [9.17, 15) is 9.59 Å². The highest BCUT2D eigenvalue weighted by molar-refractivity contribution is 5.85. The molecule has 0 spiro atoms.